The van der Waals surface area contributed by atoms with E-state index in [1.165, 1.54) is 4.57 Å². The first kappa shape index (κ1) is 14.3. The summed E-state index contributed by atoms with van der Waals surface area (Å²) < 4.78 is 2.89. The van der Waals surface area contributed by atoms with E-state index in [4.69, 9.17) is 5.11 Å². The molecule has 0 aromatic carbocycles. The van der Waals surface area contributed by atoms with Crippen molar-refractivity contribution in [2.75, 3.05) is 18.5 Å². The van der Waals surface area contributed by atoms with E-state index in [1.807, 2.05) is 0 Å². The first-order valence-electron chi connectivity index (χ1n) is 6.64. The number of aliphatic hydroxyl groups excluding tert-OH is 1. The minimum atomic E-state index is -0.503. The molecule has 0 atom stereocenters. The number of aromatic nitrogens is 4. The van der Waals surface area contributed by atoms with E-state index < -0.39 is 11.2 Å². The van der Waals surface area contributed by atoms with Crippen molar-refractivity contribution >= 4 is 17.1 Å². The summed E-state index contributed by atoms with van der Waals surface area (Å²) in [4.78, 5) is 30.1. The number of fused-ring (bicyclic) bond motifs is 1. The summed E-state index contributed by atoms with van der Waals surface area (Å²) in [5, 5.41) is 12.3. The number of unbranched alkanes of at least 4 members (excludes halogenated alkanes) is 1. The van der Waals surface area contributed by atoms with Crippen LogP contribution >= 0.6 is 0 Å². The number of H-pyrrole nitrogens is 1. The number of aryl methyl sites for hydroxylation is 1. The molecule has 2 aromatic heterocycles. The van der Waals surface area contributed by atoms with E-state index in [2.05, 4.69) is 22.2 Å². The Bertz CT molecular complexity index is 712. The van der Waals surface area contributed by atoms with Gasteiger partial charge in [-0.2, -0.15) is 4.98 Å². The van der Waals surface area contributed by atoms with E-state index >= 15 is 0 Å². The standard InChI is InChI=1S/C12H19N5O3/c1-3-4-5-13-11-14-9-8(17(11)6-7-18)10(19)15-12(20)16(9)2/h18H,3-7H2,1-2H3,(H,13,14)(H,15,19,20). The van der Waals surface area contributed by atoms with Gasteiger partial charge in [-0.3, -0.25) is 14.3 Å². The zero-order valence-corrected chi connectivity index (χ0v) is 11.6. The summed E-state index contributed by atoms with van der Waals surface area (Å²) in [5.41, 5.74) is -0.393. The molecule has 0 fully saturated rings. The monoisotopic (exact) mass is 281 g/mol. The van der Waals surface area contributed by atoms with Crippen LogP contribution in [-0.4, -0.2) is 37.4 Å². The molecule has 8 heteroatoms. The Morgan fingerprint density at radius 3 is 2.80 bits per heavy atom. The highest BCUT2D eigenvalue weighted by Crippen LogP contribution is 2.14. The van der Waals surface area contributed by atoms with Gasteiger partial charge in [0, 0.05) is 20.1 Å². The zero-order chi connectivity index (χ0) is 14.7. The van der Waals surface area contributed by atoms with Crippen LogP contribution < -0.4 is 16.6 Å². The second-order valence-electron chi connectivity index (χ2n) is 4.58. The van der Waals surface area contributed by atoms with Gasteiger partial charge in [-0.05, 0) is 6.42 Å². The number of aliphatic hydroxyl groups is 1. The number of hydrogen-bond donors (Lipinski definition) is 3. The summed E-state index contributed by atoms with van der Waals surface area (Å²) in [6.45, 7) is 2.92. The van der Waals surface area contributed by atoms with E-state index in [1.54, 1.807) is 11.6 Å². The number of aromatic amines is 1. The van der Waals surface area contributed by atoms with Crippen molar-refractivity contribution < 1.29 is 5.11 Å². The molecule has 20 heavy (non-hydrogen) atoms. The van der Waals surface area contributed by atoms with Crippen LogP contribution in [0, 0.1) is 0 Å². The molecule has 0 spiro atoms. The van der Waals surface area contributed by atoms with Gasteiger partial charge in [-0.15, -0.1) is 0 Å². The Hall–Kier alpha value is -2.09. The first-order chi connectivity index (χ1) is 9.60. The van der Waals surface area contributed by atoms with Gasteiger partial charge in [-0.25, -0.2) is 4.79 Å². The minimum Gasteiger partial charge on any atom is -0.395 e. The Morgan fingerprint density at radius 2 is 2.15 bits per heavy atom. The lowest BCUT2D eigenvalue weighted by Gasteiger charge is -2.08. The van der Waals surface area contributed by atoms with Gasteiger partial charge < -0.3 is 15.0 Å². The first-order valence-corrected chi connectivity index (χ1v) is 6.64. The van der Waals surface area contributed by atoms with Gasteiger partial charge in [0.2, 0.25) is 5.95 Å². The molecule has 2 heterocycles. The van der Waals surface area contributed by atoms with Gasteiger partial charge in [0.1, 0.15) is 0 Å². The van der Waals surface area contributed by atoms with Gasteiger partial charge in [0.25, 0.3) is 5.56 Å². The third kappa shape index (κ3) is 2.46. The van der Waals surface area contributed by atoms with Crippen molar-refractivity contribution in [2.24, 2.45) is 7.05 Å². The van der Waals surface area contributed by atoms with Crippen LogP contribution in [0.3, 0.4) is 0 Å². The van der Waals surface area contributed by atoms with Crippen molar-refractivity contribution in [3.8, 4) is 0 Å². The fraction of sp³-hybridized carbons (Fsp3) is 0.583. The normalized spacial score (nSPS) is 11.2. The smallest absolute Gasteiger partial charge is 0.329 e. The second-order valence-corrected chi connectivity index (χ2v) is 4.58. The van der Waals surface area contributed by atoms with E-state index in [0.29, 0.717) is 17.1 Å². The Labute approximate surface area is 115 Å². The van der Waals surface area contributed by atoms with Crippen LogP contribution in [0.5, 0.6) is 0 Å². The summed E-state index contributed by atoms with van der Waals surface area (Å²) in [6, 6.07) is 0. The third-order valence-electron chi connectivity index (χ3n) is 3.14. The predicted octanol–water partition coefficient (Wildman–Crippen LogP) is -0.372. The lowest BCUT2D eigenvalue weighted by Crippen LogP contribution is -2.29. The fourth-order valence-corrected chi connectivity index (χ4v) is 2.06. The van der Waals surface area contributed by atoms with Crippen LogP contribution in [0.4, 0.5) is 5.95 Å². The SMILES string of the molecule is CCCCNc1nc2c(c(=O)[nH]c(=O)n2C)n1CCO. The van der Waals surface area contributed by atoms with E-state index in [9.17, 15) is 9.59 Å². The Morgan fingerprint density at radius 1 is 1.40 bits per heavy atom. The Balaban J connectivity index is 2.60. The maximum atomic E-state index is 12.0. The second kappa shape index (κ2) is 5.91. The maximum Gasteiger partial charge on any atom is 0.329 e. The highest BCUT2D eigenvalue weighted by molar-refractivity contribution is 5.74. The maximum absolute atomic E-state index is 12.0. The van der Waals surface area contributed by atoms with E-state index in [0.717, 1.165) is 19.4 Å². The number of anilines is 1. The molecule has 0 aliphatic carbocycles. The molecule has 0 radical (unpaired) electrons. The fourth-order valence-electron chi connectivity index (χ4n) is 2.06. The molecule has 0 bridgehead atoms. The summed E-state index contributed by atoms with van der Waals surface area (Å²) in [7, 11) is 1.55. The lowest BCUT2D eigenvalue weighted by molar-refractivity contribution is 0.278. The molecule has 0 amide bonds. The molecular formula is C12H19N5O3. The van der Waals surface area contributed by atoms with Crippen LogP contribution in [0.25, 0.3) is 11.2 Å². The van der Waals surface area contributed by atoms with E-state index in [-0.39, 0.29) is 13.2 Å². The zero-order valence-electron chi connectivity index (χ0n) is 11.6. The van der Waals surface area contributed by atoms with Crippen LogP contribution in [0.1, 0.15) is 19.8 Å². The molecule has 110 valence electrons. The molecular weight excluding hydrogens is 262 g/mol. The molecule has 0 aliphatic rings. The Kier molecular flexibility index (Phi) is 4.23. The largest absolute Gasteiger partial charge is 0.395 e. The van der Waals surface area contributed by atoms with Crippen LogP contribution in [0.15, 0.2) is 9.59 Å². The van der Waals surface area contributed by atoms with Crippen LogP contribution in [0.2, 0.25) is 0 Å². The molecule has 0 saturated carbocycles. The number of imidazole rings is 1. The van der Waals surface area contributed by atoms with Crippen LogP contribution in [-0.2, 0) is 13.6 Å². The van der Waals surface area contributed by atoms with Crippen molar-refractivity contribution in [2.45, 2.75) is 26.3 Å². The molecule has 0 saturated heterocycles. The van der Waals surface area contributed by atoms with Gasteiger partial charge in [0.05, 0.1) is 6.61 Å². The number of rotatable bonds is 6. The van der Waals surface area contributed by atoms with Crippen molar-refractivity contribution in [3.63, 3.8) is 0 Å². The number of hydrogen-bond acceptors (Lipinski definition) is 5. The third-order valence-corrected chi connectivity index (χ3v) is 3.14. The molecule has 0 unspecified atom stereocenters. The topological polar surface area (TPSA) is 105 Å². The van der Waals surface area contributed by atoms with Gasteiger partial charge in [0.15, 0.2) is 11.2 Å². The predicted molar refractivity (Wildman–Crippen MR) is 76.1 cm³/mol. The molecule has 2 aromatic rings. The number of nitrogens with one attached hydrogen (secondary N) is 2. The molecule has 0 aliphatic heterocycles. The van der Waals surface area contributed by atoms with Crippen molar-refractivity contribution in [1.82, 2.24) is 19.1 Å². The minimum absolute atomic E-state index is 0.115. The lowest BCUT2D eigenvalue weighted by atomic mass is 10.3. The number of nitrogens with zero attached hydrogens (tertiary/aromatic N) is 3. The summed E-state index contributed by atoms with van der Waals surface area (Å²) >= 11 is 0. The summed E-state index contributed by atoms with van der Waals surface area (Å²) in [6.07, 6.45) is 2.00. The van der Waals surface area contributed by atoms with Gasteiger partial charge >= 0.3 is 5.69 Å². The van der Waals surface area contributed by atoms with Crippen molar-refractivity contribution in [3.05, 3.63) is 20.8 Å². The molecule has 2 rings (SSSR count). The average Bonchev–Trinajstić information content (AvgIpc) is 2.77. The quantitative estimate of drug-likeness (QED) is 0.626. The summed E-state index contributed by atoms with van der Waals surface area (Å²) in [5.74, 6) is 0.495. The highest BCUT2D eigenvalue weighted by atomic mass is 16.3. The van der Waals surface area contributed by atoms with Crippen molar-refractivity contribution in [1.29, 1.82) is 0 Å². The average molecular weight is 281 g/mol. The van der Waals surface area contributed by atoms with Gasteiger partial charge in [-0.1, -0.05) is 13.3 Å². The molecule has 8 nitrogen and oxygen atoms in total. The molecule has 3 N–H and O–H groups in total. The highest BCUT2D eigenvalue weighted by Gasteiger charge is 2.16.